The molecular formula is C15H16N2OS. The monoisotopic (exact) mass is 272 g/mol. The molecule has 4 heteroatoms. The van der Waals surface area contributed by atoms with E-state index in [1.165, 1.54) is 10.5 Å². The smallest absolute Gasteiger partial charge is 0.253 e. The molecule has 1 aromatic heterocycles. The molecule has 1 aliphatic heterocycles. The van der Waals surface area contributed by atoms with Crippen LogP contribution in [0.2, 0.25) is 0 Å². The number of hydrogen-bond acceptors (Lipinski definition) is 3. The van der Waals surface area contributed by atoms with E-state index in [2.05, 4.69) is 29.2 Å². The molecule has 2 heterocycles. The van der Waals surface area contributed by atoms with Crippen LogP contribution in [-0.2, 0) is 6.54 Å². The van der Waals surface area contributed by atoms with Crippen LogP contribution in [0.15, 0.2) is 40.0 Å². The molecule has 0 bridgehead atoms. The van der Waals surface area contributed by atoms with Crippen molar-refractivity contribution in [3.05, 3.63) is 57.8 Å². The van der Waals surface area contributed by atoms with Gasteiger partial charge in [-0.2, -0.15) is 0 Å². The third-order valence-corrected chi connectivity index (χ3v) is 4.78. The van der Waals surface area contributed by atoms with E-state index in [1.807, 2.05) is 25.6 Å². The second kappa shape index (κ2) is 4.85. The van der Waals surface area contributed by atoms with Crippen molar-refractivity contribution in [1.82, 2.24) is 9.55 Å². The van der Waals surface area contributed by atoms with Gasteiger partial charge in [-0.25, -0.2) is 4.98 Å². The maximum absolute atomic E-state index is 12.1. The van der Waals surface area contributed by atoms with Crippen LogP contribution in [0.3, 0.4) is 0 Å². The lowest BCUT2D eigenvalue weighted by atomic mass is 10.0. The number of nitrogens with zero attached hydrogens (tertiary/aromatic N) is 2. The molecule has 0 saturated heterocycles. The second-order valence-electron chi connectivity index (χ2n) is 4.94. The molecule has 0 aliphatic carbocycles. The Balaban J connectivity index is 1.94. The van der Waals surface area contributed by atoms with Crippen LogP contribution in [0.25, 0.3) is 0 Å². The van der Waals surface area contributed by atoms with Crippen molar-refractivity contribution < 1.29 is 0 Å². The average Bonchev–Trinajstić information content (AvgIpc) is 2.77. The summed E-state index contributed by atoms with van der Waals surface area (Å²) in [6.45, 7) is 4.49. The standard InChI is InChI=1S/C15H16N2OS/c1-10-7-15(18)17(11(2)16-10)8-12-9-19-14-6-4-3-5-13(12)14/h3-7,12H,8-9H2,1-2H3. The number of fused-ring (bicyclic) bond motifs is 1. The molecule has 1 aromatic carbocycles. The van der Waals surface area contributed by atoms with Gasteiger partial charge in [-0.05, 0) is 25.5 Å². The highest BCUT2D eigenvalue weighted by atomic mass is 32.2. The number of aryl methyl sites for hydroxylation is 2. The van der Waals surface area contributed by atoms with Crippen LogP contribution >= 0.6 is 11.8 Å². The molecule has 1 unspecified atom stereocenters. The molecule has 0 saturated carbocycles. The summed E-state index contributed by atoms with van der Waals surface area (Å²) < 4.78 is 1.79. The van der Waals surface area contributed by atoms with Crippen LogP contribution in [0.4, 0.5) is 0 Å². The first-order valence-corrected chi connectivity index (χ1v) is 7.40. The van der Waals surface area contributed by atoms with Gasteiger partial charge < -0.3 is 0 Å². The molecule has 0 fully saturated rings. The largest absolute Gasteiger partial charge is 0.296 e. The van der Waals surface area contributed by atoms with Crippen molar-refractivity contribution in [3.63, 3.8) is 0 Å². The predicted molar refractivity (Wildman–Crippen MR) is 77.9 cm³/mol. The van der Waals surface area contributed by atoms with Crippen LogP contribution < -0.4 is 5.56 Å². The summed E-state index contributed by atoms with van der Waals surface area (Å²) in [5.74, 6) is 2.25. The fraction of sp³-hybridized carbons (Fsp3) is 0.333. The van der Waals surface area contributed by atoms with E-state index in [9.17, 15) is 4.79 Å². The molecule has 98 valence electrons. The zero-order valence-corrected chi connectivity index (χ0v) is 11.9. The Morgan fingerprint density at radius 3 is 2.95 bits per heavy atom. The molecule has 1 aliphatic rings. The van der Waals surface area contributed by atoms with E-state index in [-0.39, 0.29) is 5.56 Å². The summed E-state index contributed by atoms with van der Waals surface area (Å²) in [6, 6.07) is 10.1. The first kappa shape index (κ1) is 12.5. The Kier molecular flexibility index (Phi) is 3.19. The molecule has 2 aromatic rings. The highest BCUT2D eigenvalue weighted by molar-refractivity contribution is 7.99. The van der Waals surface area contributed by atoms with E-state index in [4.69, 9.17) is 0 Å². The molecule has 0 radical (unpaired) electrons. The summed E-state index contributed by atoms with van der Waals surface area (Å²) in [6.07, 6.45) is 0. The van der Waals surface area contributed by atoms with Crippen LogP contribution in [-0.4, -0.2) is 15.3 Å². The van der Waals surface area contributed by atoms with Gasteiger partial charge in [0.25, 0.3) is 5.56 Å². The molecule has 1 atom stereocenters. The minimum Gasteiger partial charge on any atom is -0.296 e. The van der Waals surface area contributed by atoms with Gasteiger partial charge in [0.05, 0.1) is 0 Å². The molecular weight excluding hydrogens is 256 g/mol. The van der Waals surface area contributed by atoms with Gasteiger partial charge >= 0.3 is 0 Å². The van der Waals surface area contributed by atoms with Crippen LogP contribution in [0.1, 0.15) is 23.0 Å². The summed E-state index contributed by atoms with van der Waals surface area (Å²) >= 11 is 1.87. The fourth-order valence-corrected chi connectivity index (χ4v) is 3.83. The molecule has 0 spiro atoms. The van der Waals surface area contributed by atoms with Gasteiger partial charge in [-0.15, -0.1) is 11.8 Å². The fourth-order valence-electron chi connectivity index (χ4n) is 2.59. The minimum absolute atomic E-state index is 0.0550. The quantitative estimate of drug-likeness (QED) is 0.843. The third kappa shape index (κ3) is 2.32. The topological polar surface area (TPSA) is 34.9 Å². The normalized spacial score (nSPS) is 17.5. The first-order chi connectivity index (χ1) is 9.15. The summed E-state index contributed by atoms with van der Waals surface area (Å²) in [5.41, 5.74) is 2.21. The predicted octanol–water partition coefficient (Wildman–Crippen LogP) is 2.75. The zero-order valence-electron chi connectivity index (χ0n) is 11.1. The van der Waals surface area contributed by atoms with Crippen LogP contribution in [0.5, 0.6) is 0 Å². The van der Waals surface area contributed by atoms with Crippen molar-refractivity contribution in [2.24, 2.45) is 0 Å². The summed E-state index contributed by atoms with van der Waals surface area (Å²) in [5, 5.41) is 0. The van der Waals surface area contributed by atoms with Gasteiger partial charge in [-0.3, -0.25) is 9.36 Å². The van der Waals surface area contributed by atoms with E-state index in [0.717, 1.165) is 23.8 Å². The Bertz CT molecular complexity index is 678. The maximum Gasteiger partial charge on any atom is 0.253 e. The molecule has 3 rings (SSSR count). The van der Waals surface area contributed by atoms with E-state index in [1.54, 1.807) is 10.6 Å². The van der Waals surface area contributed by atoms with Gasteiger partial charge in [0, 0.05) is 34.9 Å². The van der Waals surface area contributed by atoms with E-state index >= 15 is 0 Å². The van der Waals surface area contributed by atoms with Crippen molar-refractivity contribution in [2.75, 3.05) is 5.75 Å². The highest BCUT2D eigenvalue weighted by Gasteiger charge is 2.23. The van der Waals surface area contributed by atoms with Gasteiger partial charge in [0.1, 0.15) is 5.82 Å². The zero-order chi connectivity index (χ0) is 13.4. The van der Waals surface area contributed by atoms with Gasteiger partial charge in [0.15, 0.2) is 0 Å². The average molecular weight is 272 g/mol. The maximum atomic E-state index is 12.1. The second-order valence-corrected chi connectivity index (χ2v) is 6.00. The third-order valence-electron chi connectivity index (χ3n) is 3.53. The number of benzene rings is 1. The SMILES string of the molecule is Cc1cc(=O)n(CC2CSc3ccccc32)c(C)n1. The van der Waals surface area contributed by atoms with Gasteiger partial charge in [0.2, 0.25) is 0 Å². The summed E-state index contributed by atoms with van der Waals surface area (Å²) in [4.78, 5) is 17.8. The lowest BCUT2D eigenvalue weighted by molar-refractivity contribution is 0.560. The number of hydrogen-bond donors (Lipinski definition) is 0. The lowest BCUT2D eigenvalue weighted by Gasteiger charge is -2.15. The highest BCUT2D eigenvalue weighted by Crippen LogP contribution is 2.39. The van der Waals surface area contributed by atoms with Crippen molar-refractivity contribution in [1.29, 1.82) is 0 Å². The van der Waals surface area contributed by atoms with E-state index in [0.29, 0.717) is 5.92 Å². The van der Waals surface area contributed by atoms with E-state index < -0.39 is 0 Å². The Hall–Kier alpha value is -1.55. The lowest BCUT2D eigenvalue weighted by Crippen LogP contribution is -2.26. The summed E-state index contributed by atoms with van der Waals surface area (Å²) in [7, 11) is 0. The van der Waals surface area contributed by atoms with Crippen LogP contribution in [0, 0.1) is 13.8 Å². The Morgan fingerprint density at radius 2 is 2.16 bits per heavy atom. The number of aromatic nitrogens is 2. The van der Waals surface area contributed by atoms with Gasteiger partial charge in [-0.1, -0.05) is 18.2 Å². The van der Waals surface area contributed by atoms with Crippen molar-refractivity contribution in [2.45, 2.75) is 31.2 Å². The molecule has 0 amide bonds. The number of thioether (sulfide) groups is 1. The first-order valence-electron chi connectivity index (χ1n) is 6.42. The molecule has 0 N–H and O–H groups in total. The molecule has 19 heavy (non-hydrogen) atoms. The van der Waals surface area contributed by atoms with Crippen molar-refractivity contribution >= 4 is 11.8 Å². The number of rotatable bonds is 2. The minimum atomic E-state index is 0.0550. The Morgan fingerprint density at radius 1 is 1.37 bits per heavy atom. The van der Waals surface area contributed by atoms with Crippen molar-refractivity contribution in [3.8, 4) is 0 Å². The Labute approximate surface area is 116 Å². The molecule has 3 nitrogen and oxygen atoms in total.